The van der Waals surface area contributed by atoms with E-state index in [1.807, 2.05) is 20.8 Å². The lowest BCUT2D eigenvalue weighted by Crippen LogP contribution is -2.63. The maximum absolute atomic E-state index is 13.2. The van der Waals surface area contributed by atoms with Crippen LogP contribution in [0.2, 0.25) is 0 Å². The largest absolute Gasteiger partial charge is 0.394 e. The lowest BCUT2D eigenvalue weighted by Gasteiger charge is -2.40. The number of nitro groups is 1. The van der Waals surface area contributed by atoms with Crippen molar-refractivity contribution in [3.05, 3.63) is 34.1 Å². The smallest absolute Gasteiger partial charge is 0.300 e. The minimum absolute atomic E-state index is 0.00555. The Morgan fingerprint density at radius 3 is 2.35 bits per heavy atom. The number of nitro benzene ring substituents is 1. The minimum atomic E-state index is -1.71. The molecule has 1 saturated heterocycles. The number of benzene rings is 1. The second kappa shape index (κ2) is 18.9. The van der Waals surface area contributed by atoms with Crippen LogP contribution in [0.25, 0.3) is 11.0 Å². The Labute approximate surface area is 297 Å². The number of fused-ring (bicyclic) bond motifs is 1. The Morgan fingerprint density at radius 1 is 1.00 bits per heavy atom. The van der Waals surface area contributed by atoms with Crippen LogP contribution in [0.15, 0.2) is 23.0 Å². The Bertz CT molecular complexity index is 1610. The number of nitrogens with one attached hydrogen (secondary N) is 2. The summed E-state index contributed by atoms with van der Waals surface area (Å²) in [6.45, 7) is 7.16. The van der Waals surface area contributed by atoms with Crippen molar-refractivity contribution in [1.82, 2.24) is 35.9 Å². The first-order valence-corrected chi connectivity index (χ1v) is 16.4. The van der Waals surface area contributed by atoms with Crippen LogP contribution in [0, 0.1) is 15.5 Å². The summed E-state index contributed by atoms with van der Waals surface area (Å²) in [6.07, 6.45) is -6.14. The quantitative estimate of drug-likeness (QED) is 0.0409. The van der Waals surface area contributed by atoms with Gasteiger partial charge in [0.1, 0.15) is 30.1 Å². The number of amides is 2. The fraction of sp³-hybridized carbons (Fsp3) is 0.667. The van der Waals surface area contributed by atoms with E-state index in [0.29, 0.717) is 51.8 Å². The maximum atomic E-state index is 13.2. The van der Waals surface area contributed by atoms with Crippen LogP contribution in [-0.4, -0.2) is 152 Å². The zero-order valence-corrected chi connectivity index (χ0v) is 29.0. The highest BCUT2D eigenvalue weighted by molar-refractivity contribution is 5.95. The van der Waals surface area contributed by atoms with E-state index in [4.69, 9.17) is 23.6 Å². The molecule has 52 heavy (non-hydrogen) atoms. The van der Waals surface area contributed by atoms with Gasteiger partial charge in [-0.25, -0.2) is 9.31 Å². The Morgan fingerprint density at radius 2 is 1.67 bits per heavy atom. The van der Waals surface area contributed by atoms with E-state index in [2.05, 4.69) is 31.3 Å². The van der Waals surface area contributed by atoms with Crippen LogP contribution >= 0.6 is 0 Å². The predicted molar refractivity (Wildman–Crippen MR) is 176 cm³/mol. The average molecular weight is 740 g/mol. The molecule has 1 aliphatic heterocycles. The molecule has 3 heterocycles. The SMILES string of the molecule is CC(C)(C)C(=O)NCCOCCOCCOCCn1cc(CN(CC(=O)N[C@@H]2O[C@H](CO)[C@@H](O)[C@H](O)[C@H]2O)c2ccc([N+](=O)[O-])c3nonc23)nn1. The number of aliphatic hydroxyl groups excluding tert-OH is 4. The molecule has 1 aromatic carbocycles. The molecule has 3 aromatic rings. The highest BCUT2D eigenvalue weighted by Gasteiger charge is 2.44. The molecule has 22 nitrogen and oxygen atoms in total. The van der Waals surface area contributed by atoms with Gasteiger partial charge in [-0.2, -0.15) is 0 Å². The molecule has 2 amide bonds. The topological polar surface area (TPSA) is 292 Å². The van der Waals surface area contributed by atoms with Crippen molar-refractivity contribution in [2.45, 2.75) is 64.5 Å². The van der Waals surface area contributed by atoms with Gasteiger partial charge in [-0.3, -0.25) is 19.7 Å². The minimum Gasteiger partial charge on any atom is -0.394 e. The molecular formula is C30H45N9O13. The first-order chi connectivity index (χ1) is 24.8. The Kier molecular flexibility index (Phi) is 14.7. The fourth-order valence-corrected chi connectivity index (χ4v) is 4.99. The van der Waals surface area contributed by atoms with Crippen LogP contribution in [0.5, 0.6) is 0 Å². The Hall–Kier alpha value is -4.42. The zero-order chi connectivity index (χ0) is 37.8. The van der Waals surface area contributed by atoms with Gasteiger partial charge in [-0.05, 0) is 16.4 Å². The van der Waals surface area contributed by atoms with E-state index >= 15 is 0 Å². The van der Waals surface area contributed by atoms with Crippen molar-refractivity contribution in [3.8, 4) is 0 Å². The molecule has 0 radical (unpaired) electrons. The van der Waals surface area contributed by atoms with Gasteiger partial charge in [0, 0.05) is 18.0 Å². The van der Waals surface area contributed by atoms with Gasteiger partial charge >= 0.3 is 5.69 Å². The van der Waals surface area contributed by atoms with Crippen LogP contribution in [-0.2, 0) is 41.6 Å². The third kappa shape index (κ3) is 11.0. The summed E-state index contributed by atoms with van der Waals surface area (Å²) in [4.78, 5) is 37.4. The average Bonchev–Trinajstić information content (AvgIpc) is 3.77. The number of anilines is 1. The van der Waals surface area contributed by atoms with Crippen LogP contribution in [0.4, 0.5) is 11.4 Å². The third-order valence-electron chi connectivity index (χ3n) is 7.80. The predicted octanol–water partition coefficient (Wildman–Crippen LogP) is -2.14. The second-order valence-corrected chi connectivity index (χ2v) is 12.8. The van der Waals surface area contributed by atoms with Crippen LogP contribution in [0.3, 0.4) is 0 Å². The van der Waals surface area contributed by atoms with Gasteiger partial charge in [-0.15, -0.1) is 5.10 Å². The first-order valence-electron chi connectivity index (χ1n) is 16.4. The molecule has 2 aromatic heterocycles. The molecule has 22 heteroatoms. The standard InChI is InChI=1S/C30H45N9O13/c1-30(2,3)29(45)31-6-8-48-10-12-50-13-11-49-9-7-38-15-18(33-36-38)14-37(19-4-5-20(39(46)47)24-23(19)34-52-35-24)16-22(41)32-28-27(44)26(43)25(42)21(17-40)51-28/h4-5,15,21,25-28,40,42-44H,6-14,16-17H2,1-3H3,(H,31,45)(H,32,41)/t21-,25-,26+,27-,28-/m1/s1. The molecule has 0 saturated carbocycles. The summed E-state index contributed by atoms with van der Waals surface area (Å²) in [6, 6.07) is 2.55. The maximum Gasteiger partial charge on any atom is 0.300 e. The van der Waals surface area contributed by atoms with E-state index < -0.39 is 60.0 Å². The van der Waals surface area contributed by atoms with Crippen molar-refractivity contribution in [3.63, 3.8) is 0 Å². The number of nitrogens with zero attached hydrogens (tertiary/aromatic N) is 7. The molecule has 5 atom stereocenters. The van der Waals surface area contributed by atoms with E-state index in [1.165, 1.54) is 21.7 Å². The summed E-state index contributed by atoms with van der Waals surface area (Å²) in [7, 11) is 0. The summed E-state index contributed by atoms with van der Waals surface area (Å²) in [5, 5.41) is 72.5. The lowest BCUT2D eigenvalue weighted by molar-refractivity contribution is -0.383. The first kappa shape index (κ1) is 40.4. The van der Waals surface area contributed by atoms with Crippen molar-refractivity contribution in [1.29, 1.82) is 0 Å². The Balaban J connectivity index is 1.28. The van der Waals surface area contributed by atoms with Crippen LogP contribution < -0.4 is 15.5 Å². The molecule has 288 valence electrons. The number of aromatic nitrogens is 5. The number of ether oxygens (including phenoxy) is 4. The number of hydrogen-bond donors (Lipinski definition) is 6. The van der Waals surface area contributed by atoms with E-state index in [1.54, 1.807) is 6.20 Å². The number of rotatable bonds is 20. The molecule has 0 aliphatic carbocycles. The molecule has 0 spiro atoms. The van der Waals surface area contributed by atoms with Crippen LogP contribution in [0.1, 0.15) is 26.5 Å². The summed E-state index contributed by atoms with van der Waals surface area (Å²) in [5.74, 6) is -0.772. The van der Waals surface area contributed by atoms with E-state index in [-0.39, 0.29) is 41.5 Å². The third-order valence-corrected chi connectivity index (χ3v) is 7.80. The molecule has 6 N–H and O–H groups in total. The lowest BCUT2D eigenvalue weighted by atomic mass is 9.96. The highest BCUT2D eigenvalue weighted by atomic mass is 16.6. The monoisotopic (exact) mass is 739 g/mol. The molecule has 4 rings (SSSR count). The number of hydrogen-bond acceptors (Lipinski definition) is 18. The number of carbonyl (C=O) groups is 2. The number of carbonyl (C=O) groups excluding carboxylic acids is 2. The molecule has 0 unspecified atom stereocenters. The van der Waals surface area contributed by atoms with Gasteiger partial charge in [-0.1, -0.05) is 26.0 Å². The highest BCUT2D eigenvalue weighted by Crippen LogP contribution is 2.32. The summed E-state index contributed by atoms with van der Waals surface area (Å²) < 4.78 is 28.2. The molecule has 0 bridgehead atoms. The van der Waals surface area contributed by atoms with E-state index in [9.17, 15) is 40.1 Å². The fourth-order valence-electron chi connectivity index (χ4n) is 4.99. The molecule has 1 fully saturated rings. The van der Waals surface area contributed by atoms with Crippen molar-refractivity contribution in [2.24, 2.45) is 5.41 Å². The van der Waals surface area contributed by atoms with Gasteiger partial charge < -0.3 is 54.9 Å². The second-order valence-electron chi connectivity index (χ2n) is 12.8. The van der Waals surface area contributed by atoms with Crippen molar-refractivity contribution < 1.29 is 58.5 Å². The van der Waals surface area contributed by atoms with Gasteiger partial charge in [0.25, 0.3) is 0 Å². The van der Waals surface area contributed by atoms with Gasteiger partial charge in [0.15, 0.2) is 11.7 Å². The normalized spacial score (nSPS) is 20.6. The number of aliphatic hydroxyl groups is 4. The molecule has 1 aliphatic rings. The van der Waals surface area contributed by atoms with Crippen molar-refractivity contribution >= 4 is 34.2 Å². The zero-order valence-electron chi connectivity index (χ0n) is 29.0. The molecular weight excluding hydrogens is 694 g/mol. The van der Waals surface area contributed by atoms with Crippen molar-refractivity contribution in [2.75, 3.05) is 64.2 Å². The van der Waals surface area contributed by atoms with E-state index in [0.717, 1.165) is 0 Å². The van der Waals surface area contributed by atoms with Gasteiger partial charge in [0.05, 0.1) is 82.7 Å². The van der Waals surface area contributed by atoms with Gasteiger partial charge in [0.2, 0.25) is 17.3 Å². The summed E-state index contributed by atoms with van der Waals surface area (Å²) in [5.41, 5.74) is -0.360. The number of non-ortho nitro benzene ring substituents is 1. The summed E-state index contributed by atoms with van der Waals surface area (Å²) >= 11 is 0.